The highest BCUT2D eigenvalue weighted by Crippen LogP contribution is 2.41. The molecule has 0 atom stereocenters. The molecule has 1 aromatic heterocycles. The number of benzene rings is 2. The molecule has 0 radical (unpaired) electrons. The van der Waals surface area contributed by atoms with Crippen molar-refractivity contribution < 1.29 is 14.6 Å². The van der Waals surface area contributed by atoms with E-state index in [4.69, 9.17) is 4.74 Å². The minimum atomic E-state index is -1.13. The second-order valence-electron chi connectivity index (χ2n) is 6.00. The molecule has 5 nitrogen and oxygen atoms in total. The Morgan fingerprint density at radius 2 is 1.96 bits per heavy atom. The molecule has 0 aliphatic carbocycles. The first-order valence-corrected chi connectivity index (χ1v) is 9.15. The number of carbonyl (C=O) groups is 1. The van der Waals surface area contributed by atoms with Crippen molar-refractivity contribution in [3.05, 3.63) is 65.2 Å². The number of carboxylic acid groups (broad SMARTS) is 1. The fraction of sp³-hybridized carbons (Fsp3) is 0.150. The molecule has 130 valence electrons. The van der Waals surface area contributed by atoms with E-state index in [9.17, 15) is 9.90 Å². The number of aliphatic carboxylic acids is 1. The largest absolute Gasteiger partial charge is 0.549 e. The highest BCUT2D eigenvalue weighted by Gasteiger charge is 2.25. The molecule has 0 saturated carbocycles. The van der Waals surface area contributed by atoms with Crippen LogP contribution in [-0.2, 0) is 11.2 Å². The van der Waals surface area contributed by atoms with Gasteiger partial charge in [0.05, 0.1) is 11.5 Å². The lowest BCUT2D eigenvalue weighted by molar-refractivity contribution is -0.301. The highest BCUT2D eigenvalue weighted by atomic mass is 32.2. The summed E-state index contributed by atoms with van der Waals surface area (Å²) in [5, 5.41) is 11.5. The molecule has 0 spiro atoms. The summed E-state index contributed by atoms with van der Waals surface area (Å²) in [6, 6.07) is 15.5. The Balaban J connectivity index is 1.82. The lowest BCUT2D eigenvalue weighted by Crippen LogP contribution is -2.24. The minimum Gasteiger partial charge on any atom is -0.549 e. The molecular formula is C20H15N2O3S-. The number of ether oxygens (including phenoxy) is 1. The number of nitrogens with zero attached hydrogens (tertiary/aromatic N) is 2. The van der Waals surface area contributed by atoms with Crippen molar-refractivity contribution in [2.24, 2.45) is 0 Å². The van der Waals surface area contributed by atoms with Crippen molar-refractivity contribution in [2.75, 3.05) is 5.75 Å². The van der Waals surface area contributed by atoms with Crippen LogP contribution < -0.4 is 9.84 Å². The second-order valence-corrected chi connectivity index (χ2v) is 6.97. The SMILES string of the molecule is Cc1cccc2c1Oc1nc(-c3ccccc3)nc(SCC(=O)[O-])c1C2. The number of aromatic nitrogens is 2. The third kappa shape index (κ3) is 3.15. The molecule has 0 N–H and O–H groups in total. The number of hydrogen-bond acceptors (Lipinski definition) is 6. The summed E-state index contributed by atoms with van der Waals surface area (Å²) in [7, 11) is 0. The van der Waals surface area contributed by atoms with Gasteiger partial charge in [0.15, 0.2) is 5.82 Å². The van der Waals surface area contributed by atoms with Crippen molar-refractivity contribution in [1.29, 1.82) is 0 Å². The summed E-state index contributed by atoms with van der Waals surface area (Å²) in [4.78, 5) is 20.1. The Kier molecular flexibility index (Phi) is 4.34. The molecular weight excluding hydrogens is 348 g/mol. The van der Waals surface area contributed by atoms with E-state index in [0.29, 0.717) is 23.2 Å². The fourth-order valence-electron chi connectivity index (χ4n) is 2.93. The molecule has 3 aromatic rings. The highest BCUT2D eigenvalue weighted by molar-refractivity contribution is 7.99. The third-order valence-electron chi connectivity index (χ3n) is 4.15. The van der Waals surface area contributed by atoms with E-state index >= 15 is 0 Å². The van der Waals surface area contributed by atoms with E-state index < -0.39 is 5.97 Å². The van der Waals surface area contributed by atoms with Crippen molar-refractivity contribution in [3.63, 3.8) is 0 Å². The van der Waals surface area contributed by atoms with Gasteiger partial charge in [-0.2, -0.15) is 4.98 Å². The Bertz CT molecular complexity index is 990. The van der Waals surface area contributed by atoms with E-state index in [1.807, 2.05) is 55.5 Å². The number of fused-ring (bicyclic) bond motifs is 2. The molecule has 6 heteroatoms. The van der Waals surface area contributed by atoms with Crippen LogP contribution in [0.25, 0.3) is 11.4 Å². The fourth-order valence-corrected chi connectivity index (χ4v) is 3.67. The normalized spacial score (nSPS) is 12.0. The van der Waals surface area contributed by atoms with Crippen molar-refractivity contribution >= 4 is 17.7 Å². The molecule has 0 fully saturated rings. The summed E-state index contributed by atoms with van der Waals surface area (Å²) in [5.41, 5.74) is 3.75. The quantitative estimate of drug-likeness (QED) is 0.410. The molecule has 2 heterocycles. The van der Waals surface area contributed by atoms with Crippen LogP contribution in [-0.4, -0.2) is 21.7 Å². The number of hydrogen-bond donors (Lipinski definition) is 0. The monoisotopic (exact) mass is 363 g/mol. The van der Waals surface area contributed by atoms with Crippen molar-refractivity contribution in [2.45, 2.75) is 18.4 Å². The van der Waals surface area contributed by atoms with Crippen LogP contribution >= 0.6 is 11.8 Å². The predicted octanol–water partition coefficient (Wildman–Crippen LogP) is 2.99. The summed E-state index contributed by atoms with van der Waals surface area (Å²) in [6.07, 6.45) is 0.608. The van der Waals surface area contributed by atoms with Gasteiger partial charge in [-0.05, 0) is 18.1 Å². The Hall–Kier alpha value is -2.86. The number of para-hydroxylation sites is 1. The van der Waals surface area contributed by atoms with E-state index in [1.54, 1.807) is 0 Å². The topological polar surface area (TPSA) is 75.1 Å². The summed E-state index contributed by atoms with van der Waals surface area (Å²) < 4.78 is 6.09. The van der Waals surface area contributed by atoms with Crippen molar-refractivity contribution in [3.8, 4) is 23.0 Å². The standard InChI is InChI=1S/C20H16N2O3S/c1-12-6-5-9-14-10-15-19(25-17(12)14)21-18(13-7-3-2-4-8-13)22-20(15)26-11-16(23)24/h2-9H,10-11H2,1H3,(H,23,24)/p-1. The van der Waals surface area contributed by atoms with Gasteiger partial charge in [0.2, 0.25) is 5.88 Å². The molecule has 1 aliphatic heterocycles. The maximum absolute atomic E-state index is 10.9. The van der Waals surface area contributed by atoms with Crippen LogP contribution in [0, 0.1) is 6.92 Å². The number of carbonyl (C=O) groups excluding carboxylic acids is 1. The molecule has 4 rings (SSSR count). The number of carboxylic acids is 1. The lowest BCUT2D eigenvalue weighted by atomic mass is 10.0. The molecule has 2 aromatic carbocycles. The van der Waals surface area contributed by atoms with Gasteiger partial charge < -0.3 is 14.6 Å². The van der Waals surface area contributed by atoms with Crippen LogP contribution in [0.2, 0.25) is 0 Å². The minimum absolute atomic E-state index is 0.168. The molecule has 0 saturated heterocycles. The Morgan fingerprint density at radius 1 is 1.15 bits per heavy atom. The van der Waals surface area contributed by atoms with Gasteiger partial charge >= 0.3 is 0 Å². The molecule has 1 aliphatic rings. The van der Waals surface area contributed by atoms with Gasteiger partial charge in [-0.15, -0.1) is 0 Å². The van der Waals surface area contributed by atoms with Crippen LogP contribution in [0.4, 0.5) is 0 Å². The summed E-state index contributed by atoms with van der Waals surface area (Å²) >= 11 is 1.14. The van der Waals surface area contributed by atoms with Crippen LogP contribution in [0.3, 0.4) is 0 Å². The van der Waals surface area contributed by atoms with Gasteiger partial charge in [-0.25, -0.2) is 4.98 Å². The van der Waals surface area contributed by atoms with E-state index in [1.165, 1.54) is 0 Å². The van der Waals surface area contributed by atoms with Crippen molar-refractivity contribution in [1.82, 2.24) is 9.97 Å². The number of aryl methyl sites for hydroxylation is 1. The van der Waals surface area contributed by atoms with Gasteiger partial charge in [0.25, 0.3) is 0 Å². The van der Waals surface area contributed by atoms with Gasteiger partial charge in [-0.3, -0.25) is 0 Å². The lowest BCUT2D eigenvalue weighted by Gasteiger charge is -2.23. The van der Waals surface area contributed by atoms with E-state index in [2.05, 4.69) is 9.97 Å². The molecule has 0 bridgehead atoms. The molecule has 26 heavy (non-hydrogen) atoms. The zero-order valence-electron chi connectivity index (χ0n) is 14.1. The third-order valence-corrected chi connectivity index (χ3v) is 5.14. The van der Waals surface area contributed by atoms with Crippen LogP contribution in [0.5, 0.6) is 11.6 Å². The second kappa shape index (κ2) is 6.80. The maximum Gasteiger partial charge on any atom is 0.227 e. The predicted molar refractivity (Wildman–Crippen MR) is 97.3 cm³/mol. The zero-order valence-corrected chi connectivity index (χ0v) is 14.9. The van der Waals surface area contributed by atoms with Gasteiger partial charge in [-0.1, -0.05) is 60.3 Å². The smallest absolute Gasteiger partial charge is 0.227 e. The van der Waals surface area contributed by atoms with E-state index in [-0.39, 0.29) is 5.75 Å². The molecule has 0 unspecified atom stereocenters. The summed E-state index contributed by atoms with van der Waals surface area (Å²) in [5.74, 6) is 0.520. The molecule has 0 amide bonds. The van der Waals surface area contributed by atoms with Gasteiger partial charge in [0.1, 0.15) is 10.8 Å². The first kappa shape index (κ1) is 16.6. The number of thioether (sulfide) groups is 1. The average molecular weight is 363 g/mol. The average Bonchev–Trinajstić information content (AvgIpc) is 2.65. The van der Waals surface area contributed by atoms with E-state index in [0.717, 1.165) is 39.8 Å². The first-order valence-electron chi connectivity index (χ1n) is 8.17. The number of rotatable bonds is 4. The first-order chi connectivity index (χ1) is 12.6. The zero-order chi connectivity index (χ0) is 18.1. The van der Waals surface area contributed by atoms with Crippen LogP contribution in [0.15, 0.2) is 53.6 Å². The Labute approximate surface area is 155 Å². The Morgan fingerprint density at radius 3 is 2.73 bits per heavy atom. The van der Waals surface area contributed by atoms with Crippen LogP contribution in [0.1, 0.15) is 16.7 Å². The maximum atomic E-state index is 10.9. The summed E-state index contributed by atoms with van der Waals surface area (Å²) in [6.45, 7) is 1.99. The van der Waals surface area contributed by atoms with Gasteiger partial charge in [0, 0.05) is 17.7 Å².